The minimum Gasteiger partial charge on any atom is -0.253 e. The van der Waals surface area contributed by atoms with E-state index in [9.17, 15) is 0 Å². The van der Waals surface area contributed by atoms with Gasteiger partial charge in [-0.3, -0.25) is 4.98 Å². The molecule has 0 radical (unpaired) electrons. The van der Waals surface area contributed by atoms with Gasteiger partial charge in [0.2, 0.25) is 0 Å². The van der Waals surface area contributed by atoms with Gasteiger partial charge in [-0.15, -0.1) is 0 Å². The summed E-state index contributed by atoms with van der Waals surface area (Å²) in [5.74, 6) is 1.20. The fraction of sp³-hybridized carbons (Fsp3) is 0.308. The fourth-order valence-electron chi connectivity index (χ4n) is 1.85. The van der Waals surface area contributed by atoms with Crippen molar-refractivity contribution in [3.8, 4) is 11.5 Å². The lowest BCUT2D eigenvalue weighted by atomic mass is 10.2. The van der Waals surface area contributed by atoms with E-state index in [1.165, 1.54) is 12.8 Å². The van der Waals surface area contributed by atoms with Gasteiger partial charge in [-0.1, -0.05) is 17.7 Å². The number of hydrogen-bond donors (Lipinski definition) is 0. The first-order valence-corrected chi connectivity index (χ1v) is 6.08. The second kappa shape index (κ2) is 4.08. The van der Waals surface area contributed by atoms with Crippen LogP contribution < -0.4 is 0 Å². The van der Waals surface area contributed by atoms with E-state index in [0.717, 1.165) is 17.0 Å². The van der Waals surface area contributed by atoms with Crippen molar-refractivity contribution in [3.05, 3.63) is 40.8 Å². The minimum atomic E-state index is 0.502. The molecule has 0 bridgehead atoms. The molecule has 1 aliphatic carbocycles. The van der Waals surface area contributed by atoms with E-state index in [0.29, 0.717) is 16.9 Å². The Balaban J connectivity index is 2.11. The van der Waals surface area contributed by atoms with Crippen LogP contribution in [0.15, 0.2) is 24.4 Å². The number of nitrogens with zero attached hydrogens (tertiary/aromatic N) is 3. The lowest BCUT2D eigenvalue weighted by Gasteiger charge is -2.05. The molecule has 0 atom stereocenters. The first kappa shape index (κ1) is 10.7. The van der Waals surface area contributed by atoms with E-state index in [-0.39, 0.29) is 0 Å². The first-order valence-electron chi connectivity index (χ1n) is 5.70. The average Bonchev–Trinajstić information content (AvgIpc) is 3.12. The van der Waals surface area contributed by atoms with Gasteiger partial charge in [-0.2, -0.15) is 0 Å². The van der Waals surface area contributed by atoms with Gasteiger partial charge in [-0.05, 0) is 37.5 Å². The number of aryl methyl sites for hydroxylation is 1. The van der Waals surface area contributed by atoms with Gasteiger partial charge in [0, 0.05) is 17.8 Å². The van der Waals surface area contributed by atoms with Gasteiger partial charge in [0.05, 0.1) is 0 Å². The Bertz CT molecular complexity index is 564. The van der Waals surface area contributed by atoms with Crippen molar-refractivity contribution in [2.75, 3.05) is 0 Å². The van der Waals surface area contributed by atoms with Crippen molar-refractivity contribution in [2.45, 2.75) is 25.7 Å². The summed E-state index contributed by atoms with van der Waals surface area (Å²) in [5.41, 5.74) is 2.93. The van der Waals surface area contributed by atoms with E-state index >= 15 is 0 Å². The molecule has 2 heterocycles. The van der Waals surface area contributed by atoms with Crippen LogP contribution in [0.5, 0.6) is 0 Å². The maximum Gasteiger partial charge on any atom is 0.180 e. The minimum absolute atomic E-state index is 0.502. The third-order valence-electron chi connectivity index (χ3n) is 2.93. The van der Waals surface area contributed by atoms with Gasteiger partial charge in [0.1, 0.15) is 10.8 Å². The number of halogens is 1. The predicted molar refractivity (Wildman–Crippen MR) is 67.0 cm³/mol. The van der Waals surface area contributed by atoms with E-state index in [2.05, 4.69) is 15.0 Å². The maximum atomic E-state index is 6.05. The molecule has 0 saturated heterocycles. The SMILES string of the molecule is Cc1cccnc1-c1nc(Cl)cc(C2CC2)n1. The van der Waals surface area contributed by atoms with Crippen LogP contribution >= 0.6 is 11.6 Å². The molecule has 4 heteroatoms. The van der Waals surface area contributed by atoms with Crippen molar-refractivity contribution in [1.29, 1.82) is 0 Å². The Morgan fingerprint density at radius 3 is 2.82 bits per heavy atom. The predicted octanol–water partition coefficient (Wildman–Crippen LogP) is 3.38. The van der Waals surface area contributed by atoms with Crippen molar-refractivity contribution >= 4 is 11.6 Å². The van der Waals surface area contributed by atoms with Gasteiger partial charge >= 0.3 is 0 Å². The van der Waals surface area contributed by atoms with Crippen molar-refractivity contribution in [2.24, 2.45) is 0 Å². The molecule has 0 aromatic carbocycles. The van der Waals surface area contributed by atoms with Crippen LogP contribution in [0.2, 0.25) is 5.15 Å². The standard InChI is InChI=1S/C13H12ClN3/c1-8-3-2-6-15-12(8)13-16-10(9-4-5-9)7-11(14)17-13/h2-3,6-7,9H,4-5H2,1H3. The molecule has 0 spiro atoms. The third-order valence-corrected chi connectivity index (χ3v) is 3.13. The summed E-state index contributed by atoms with van der Waals surface area (Å²) in [6.07, 6.45) is 4.16. The molecule has 1 fully saturated rings. The largest absolute Gasteiger partial charge is 0.253 e. The van der Waals surface area contributed by atoms with Gasteiger partial charge < -0.3 is 0 Å². The molecular weight excluding hydrogens is 234 g/mol. The van der Waals surface area contributed by atoms with Crippen LogP contribution in [-0.2, 0) is 0 Å². The molecule has 0 N–H and O–H groups in total. The molecule has 17 heavy (non-hydrogen) atoms. The van der Waals surface area contributed by atoms with Crippen molar-refractivity contribution in [3.63, 3.8) is 0 Å². The molecule has 0 aliphatic heterocycles. The smallest absolute Gasteiger partial charge is 0.180 e. The Morgan fingerprint density at radius 2 is 2.12 bits per heavy atom. The highest BCUT2D eigenvalue weighted by atomic mass is 35.5. The quantitative estimate of drug-likeness (QED) is 0.762. The lowest BCUT2D eigenvalue weighted by Crippen LogP contribution is -1.98. The van der Waals surface area contributed by atoms with Crippen molar-refractivity contribution < 1.29 is 0 Å². The highest BCUT2D eigenvalue weighted by molar-refractivity contribution is 6.29. The van der Waals surface area contributed by atoms with Crippen molar-refractivity contribution in [1.82, 2.24) is 15.0 Å². The van der Waals surface area contributed by atoms with Crippen LogP contribution in [-0.4, -0.2) is 15.0 Å². The fourth-order valence-corrected chi connectivity index (χ4v) is 2.04. The molecule has 1 saturated carbocycles. The third kappa shape index (κ3) is 2.15. The topological polar surface area (TPSA) is 38.7 Å². The lowest BCUT2D eigenvalue weighted by molar-refractivity contribution is 0.985. The van der Waals surface area contributed by atoms with Crippen LogP contribution in [0.4, 0.5) is 0 Å². The summed E-state index contributed by atoms with van der Waals surface area (Å²) in [6.45, 7) is 2.00. The zero-order valence-corrected chi connectivity index (χ0v) is 10.3. The van der Waals surface area contributed by atoms with Crippen LogP contribution in [0.1, 0.15) is 30.0 Å². The molecule has 2 aromatic rings. The van der Waals surface area contributed by atoms with Gasteiger partial charge in [0.15, 0.2) is 5.82 Å². The number of aromatic nitrogens is 3. The van der Waals surface area contributed by atoms with Crippen LogP contribution in [0, 0.1) is 6.92 Å². The van der Waals surface area contributed by atoms with Crippen LogP contribution in [0.3, 0.4) is 0 Å². The summed E-state index contributed by atoms with van der Waals surface area (Å²) in [4.78, 5) is 13.2. The highest BCUT2D eigenvalue weighted by Gasteiger charge is 2.26. The second-order valence-electron chi connectivity index (χ2n) is 4.38. The zero-order chi connectivity index (χ0) is 11.8. The first-order chi connectivity index (χ1) is 8.24. The zero-order valence-electron chi connectivity index (χ0n) is 9.52. The van der Waals surface area contributed by atoms with Gasteiger partial charge in [-0.25, -0.2) is 9.97 Å². The molecular formula is C13H12ClN3. The summed E-state index contributed by atoms with van der Waals surface area (Å²) >= 11 is 6.05. The van der Waals surface area contributed by atoms with E-state index in [1.54, 1.807) is 6.20 Å². The molecule has 2 aromatic heterocycles. The number of hydrogen-bond acceptors (Lipinski definition) is 3. The monoisotopic (exact) mass is 245 g/mol. The van der Waals surface area contributed by atoms with E-state index in [4.69, 9.17) is 11.6 Å². The summed E-state index contributed by atoms with van der Waals surface area (Å²) in [6, 6.07) is 5.77. The summed E-state index contributed by atoms with van der Waals surface area (Å²) in [7, 11) is 0. The van der Waals surface area contributed by atoms with Gasteiger partial charge in [0.25, 0.3) is 0 Å². The van der Waals surface area contributed by atoms with Crippen LogP contribution in [0.25, 0.3) is 11.5 Å². The Kier molecular flexibility index (Phi) is 2.56. The molecule has 86 valence electrons. The summed E-state index contributed by atoms with van der Waals surface area (Å²) < 4.78 is 0. The average molecular weight is 246 g/mol. The summed E-state index contributed by atoms with van der Waals surface area (Å²) in [5, 5.41) is 0.502. The molecule has 3 rings (SSSR count). The Morgan fingerprint density at radius 1 is 1.29 bits per heavy atom. The highest BCUT2D eigenvalue weighted by Crippen LogP contribution is 2.40. The van der Waals surface area contributed by atoms with E-state index in [1.807, 2.05) is 25.1 Å². The van der Waals surface area contributed by atoms with E-state index < -0.39 is 0 Å². The Labute approximate surface area is 105 Å². The number of rotatable bonds is 2. The second-order valence-corrected chi connectivity index (χ2v) is 4.77. The number of pyridine rings is 1. The maximum absolute atomic E-state index is 6.05. The normalized spacial score (nSPS) is 14.9. The molecule has 3 nitrogen and oxygen atoms in total. The molecule has 1 aliphatic rings. The Hall–Kier alpha value is -1.48. The molecule has 0 amide bonds. The molecule has 0 unspecified atom stereocenters.